The molecule has 3 heteroatoms. The fourth-order valence-corrected chi connectivity index (χ4v) is 2.90. The standard InChI is InChI=1S/C17H27NO2/c1-3-4-5-6-7-14-8-9-15-10-11-17(19)18(13-20-2)16(15)12-14/h8-9,12,17,19H,3-7,10-11,13H2,1-2H3. The summed E-state index contributed by atoms with van der Waals surface area (Å²) in [5.41, 5.74) is 3.85. The van der Waals surface area contributed by atoms with Crippen LogP contribution in [0.3, 0.4) is 0 Å². The van der Waals surface area contributed by atoms with E-state index in [0.29, 0.717) is 6.73 Å². The number of nitrogens with zero attached hydrogens (tertiary/aromatic N) is 1. The molecular weight excluding hydrogens is 250 g/mol. The Labute approximate surface area is 122 Å². The number of unbranched alkanes of at least 4 members (excludes halogenated alkanes) is 3. The third-order valence-electron chi connectivity index (χ3n) is 4.08. The molecule has 1 N–H and O–H groups in total. The minimum atomic E-state index is -0.419. The van der Waals surface area contributed by atoms with Crippen molar-refractivity contribution in [1.29, 1.82) is 0 Å². The number of aliphatic hydroxyl groups is 1. The van der Waals surface area contributed by atoms with Crippen molar-refractivity contribution in [1.82, 2.24) is 0 Å². The zero-order valence-electron chi connectivity index (χ0n) is 12.8. The molecule has 0 saturated heterocycles. The molecule has 0 amide bonds. The largest absolute Gasteiger partial charge is 0.374 e. The molecule has 3 nitrogen and oxygen atoms in total. The summed E-state index contributed by atoms with van der Waals surface area (Å²) in [4.78, 5) is 1.97. The predicted octanol–water partition coefficient (Wildman–Crippen LogP) is 3.48. The van der Waals surface area contributed by atoms with Crippen molar-refractivity contribution in [2.24, 2.45) is 0 Å². The van der Waals surface area contributed by atoms with Gasteiger partial charge in [0.2, 0.25) is 0 Å². The summed E-state index contributed by atoms with van der Waals surface area (Å²) in [6.07, 6.45) is 7.59. The summed E-state index contributed by atoms with van der Waals surface area (Å²) in [5.74, 6) is 0. The number of fused-ring (bicyclic) bond motifs is 1. The minimum absolute atomic E-state index is 0.419. The van der Waals surface area contributed by atoms with E-state index < -0.39 is 6.23 Å². The van der Waals surface area contributed by atoms with E-state index in [0.717, 1.165) is 24.9 Å². The lowest BCUT2D eigenvalue weighted by atomic mass is 9.97. The van der Waals surface area contributed by atoms with E-state index in [-0.39, 0.29) is 0 Å². The topological polar surface area (TPSA) is 32.7 Å². The highest BCUT2D eigenvalue weighted by atomic mass is 16.5. The second kappa shape index (κ2) is 7.65. The Balaban J connectivity index is 2.07. The van der Waals surface area contributed by atoms with Gasteiger partial charge in [-0.05, 0) is 42.9 Å². The number of ether oxygens (including phenoxy) is 1. The summed E-state index contributed by atoms with van der Waals surface area (Å²) in [6.45, 7) is 2.69. The van der Waals surface area contributed by atoms with E-state index in [1.807, 2.05) is 4.90 Å². The normalized spacial score (nSPS) is 18.1. The second-order valence-electron chi connectivity index (χ2n) is 5.68. The van der Waals surface area contributed by atoms with Crippen molar-refractivity contribution in [2.45, 2.75) is 58.1 Å². The van der Waals surface area contributed by atoms with Crippen LogP contribution in [0.1, 0.15) is 50.2 Å². The molecule has 2 rings (SSSR count). The summed E-state index contributed by atoms with van der Waals surface area (Å²) in [6, 6.07) is 6.70. The minimum Gasteiger partial charge on any atom is -0.374 e. The first-order valence-corrected chi connectivity index (χ1v) is 7.81. The van der Waals surface area contributed by atoms with Crippen LogP contribution in [-0.4, -0.2) is 25.2 Å². The predicted molar refractivity (Wildman–Crippen MR) is 83.0 cm³/mol. The van der Waals surface area contributed by atoms with Crippen molar-refractivity contribution in [3.05, 3.63) is 29.3 Å². The fourth-order valence-electron chi connectivity index (χ4n) is 2.90. The van der Waals surface area contributed by atoms with Crippen LogP contribution in [0, 0.1) is 0 Å². The summed E-state index contributed by atoms with van der Waals surface area (Å²) in [5, 5.41) is 10.1. The highest BCUT2D eigenvalue weighted by molar-refractivity contribution is 5.57. The highest BCUT2D eigenvalue weighted by Gasteiger charge is 2.24. The molecule has 112 valence electrons. The van der Waals surface area contributed by atoms with Gasteiger partial charge < -0.3 is 14.7 Å². The van der Waals surface area contributed by atoms with Crippen molar-refractivity contribution in [3.8, 4) is 0 Å². The van der Waals surface area contributed by atoms with E-state index in [4.69, 9.17) is 4.74 Å². The average molecular weight is 277 g/mol. The van der Waals surface area contributed by atoms with Gasteiger partial charge in [-0.25, -0.2) is 0 Å². The Hall–Kier alpha value is -1.06. The van der Waals surface area contributed by atoms with Crippen LogP contribution in [0.2, 0.25) is 0 Å². The molecule has 0 radical (unpaired) electrons. The molecule has 1 aliphatic heterocycles. The first-order chi connectivity index (χ1) is 9.76. The quantitative estimate of drug-likeness (QED) is 0.774. The lowest BCUT2D eigenvalue weighted by Gasteiger charge is -2.35. The SMILES string of the molecule is CCCCCCc1ccc2c(c1)N(COC)C(O)CC2. The maximum atomic E-state index is 10.1. The Morgan fingerprint density at radius 2 is 2.15 bits per heavy atom. The maximum Gasteiger partial charge on any atom is 0.129 e. The molecule has 0 aromatic heterocycles. The zero-order valence-corrected chi connectivity index (χ0v) is 12.8. The molecule has 1 unspecified atom stereocenters. The van der Waals surface area contributed by atoms with Gasteiger partial charge in [0, 0.05) is 12.8 Å². The number of anilines is 1. The van der Waals surface area contributed by atoms with Crippen molar-refractivity contribution in [3.63, 3.8) is 0 Å². The Kier molecular flexibility index (Phi) is 5.86. The fraction of sp³-hybridized carbons (Fsp3) is 0.647. The van der Waals surface area contributed by atoms with Gasteiger partial charge in [0.1, 0.15) is 13.0 Å². The van der Waals surface area contributed by atoms with Crippen molar-refractivity contribution < 1.29 is 9.84 Å². The van der Waals surface area contributed by atoms with Gasteiger partial charge in [-0.15, -0.1) is 0 Å². The number of benzene rings is 1. The summed E-state index contributed by atoms with van der Waals surface area (Å²) >= 11 is 0. The molecule has 1 heterocycles. The maximum absolute atomic E-state index is 10.1. The van der Waals surface area contributed by atoms with E-state index in [1.165, 1.54) is 36.8 Å². The molecule has 0 fully saturated rings. The van der Waals surface area contributed by atoms with Crippen LogP contribution < -0.4 is 4.90 Å². The lowest BCUT2D eigenvalue weighted by molar-refractivity contribution is 0.102. The smallest absolute Gasteiger partial charge is 0.129 e. The molecular formula is C17H27NO2. The second-order valence-corrected chi connectivity index (χ2v) is 5.68. The molecule has 1 aromatic carbocycles. The number of aliphatic hydroxyl groups excluding tert-OH is 1. The van der Waals surface area contributed by atoms with Crippen LogP contribution in [-0.2, 0) is 17.6 Å². The van der Waals surface area contributed by atoms with E-state index in [9.17, 15) is 5.11 Å². The van der Waals surface area contributed by atoms with E-state index >= 15 is 0 Å². The first-order valence-electron chi connectivity index (χ1n) is 7.81. The van der Waals surface area contributed by atoms with Crippen LogP contribution in [0.25, 0.3) is 0 Å². The van der Waals surface area contributed by atoms with Crippen molar-refractivity contribution >= 4 is 5.69 Å². The van der Waals surface area contributed by atoms with Gasteiger partial charge in [-0.1, -0.05) is 38.3 Å². The summed E-state index contributed by atoms with van der Waals surface area (Å²) < 4.78 is 5.23. The van der Waals surface area contributed by atoms with Gasteiger partial charge in [0.25, 0.3) is 0 Å². The number of hydrogen-bond donors (Lipinski definition) is 1. The van der Waals surface area contributed by atoms with Gasteiger partial charge in [0.15, 0.2) is 0 Å². The molecule has 1 aliphatic rings. The Bertz CT molecular complexity index is 419. The number of hydrogen-bond acceptors (Lipinski definition) is 3. The van der Waals surface area contributed by atoms with Crippen LogP contribution in [0.5, 0.6) is 0 Å². The number of rotatable bonds is 7. The van der Waals surface area contributed by atoms with Gasteiger partial charge >= 0.3 is 0 Å². The van der Waals surface area contributed by atoms with Gasteiger partial charge in [-0.3, -0.25) is 0 Å². The third kappa shape index (κ3) is 3.74. The molecule has 1 aromatic rings. The molecule has 0 saturated carbocycles. The first kappa shape index (κ1) is 15.3. The lowest BCUT2D eigenvalue weighted by Crippen LogP contribution is -2.40. The monoisotopic (exact) mass is 277 g/mol. The van der Waals surface area contributed by atoms with Gasteiger partial charge in [-0.2, -0.15) is 0 Å². The van der Waals surface area contributed by atoms with E-state index in [2.05, 4.69) is 25.1 Å². The molecule has 1 atom stereocenters. The highest BCUT2D eigenvalue weighted by Crippen LogP contribution is 2.31. The van der Waals surface area contributed by atoms with Crippen molar-refractivity contribution in [2.75, 3.05) is 18.7 Å². The van der Waals surface area contributed by atoms with Gasteiger partial charge in [0.05, 0.1) is 0 Å². The van der Waals surface area contributed by atoms with Crippen LogP contribution in [0.4, 0.5) is 5.69 Å². The number of aryl methyl sites for hydroxylation is 2. The van der Waals surface area contributed by atoms with Crippen LogP contribution in [0.15, 0.2) is 18.2 Å². The average Bonchev–Trinajstić information content (AvgIpc) is 2.47. The molecule has 0 aliphatic carbocycles. The Morgan fingerprint density at radius 3 is 2.90 bits per heavy atom. The molecule has 0 bridgehead atoms. The number of methoxy groups -OCH3 is 1. The van der Waals surface area contributed by atoms with E-state index in [1.54, 1.807) is 7.11 Å². The molecule has 20 heavy (non-hydrogen) atoms. The third-order valence-corrected chi connectivity index (χ3v) is 4.08. The Morgan fingerprint density at radius 1 is 1.30 bits per heavy atom. The summed E-state index contributed by atoms with van der Waals surface area (Å²) in [7, 11) is 1.68. The zero-order chi connectivity index (χ0) is 14.4. The molecule has 0 spiro atoms. The van der Waals surface area contributed by atoms with Crippen LogP contribution >= 0.6 is 0 Å².